The molecule has 0 radical (unpaired) electrons. The number of nitrogens with one attached hydrogen (secondary N) is 1. The van der Waals surface area contributed by atoms with E-state index in [0.29, 0.717) is 5.69 Å². The van der Waals surface area contributed by atoms with E-state index in [1.807, 2.05) is 13.0 Å². The Balaban J connectivity index is 2.21. The SMILES string of the molecule is Cc1ccc(CO)cc1NC(=O)c1ccc(Cl)o1. The summed E-state index contributed by atoms with van der Waals surface area (Å²) in [4.78, 5) is 11.9. The Morgan fingerprint density at radius 1 is 1.39 bits per heavy atom. The van der Waals surface area contributed by atoms with Crippen LogP contribution in [0.5, 0.6) is 0 Å². The molecular weight excluding hydrogens is 254 g/mol. The molecule has 1 aromatic heterocycles. The second-order valence-corrected chi connectivity index (χ2v) is 4.24. The van der Waals surface area contributed by atoms with Crippen molar-refractivity contribution in [3.63, 3.8) is 0 Å². The topological polar surface area (TPSA) is 62.5 Å². The summed E-state index contributed by atoms with van der Waals surface area (Å²) in [6.45, 7) is 1.79. The van der Waals surface area contributed by atoms with E-state index in [-0.39, 0.29) is 23.5 Å². The van der Waals surface area contributed by atoms with Crippen LogP contribution in [0.25, 0.3) is 0 Å². The van der Waals surface area contributed by atoms with Gasteiger partial charge in [-0.05, 0) is 47.9 Å². The molecule has 1 amide bonds. The van der Waals surface area contributed by atoms with Crippen molar-refractivity contribution in [1.82, 2.24) is 0 Å². The molecule has 0 aliphatic carbocycles. The van der Waals surface area contributed by atoms with E-state index in [1.54, 1.807) is 12.1 Å². The molecule has 0 saturated heterocycles. The van der Waals surface area contributed by atoms with Crippen molar-refractivity contribution in [1.29, 1.82) is 0 Å². The van der Waals surface area contributed by atoms with Crippen LogP contribution in [0.2, 0.25) is 5.22 Å². The number of amides is 1. The van der Waals surface area contributed by atoms with Crippen LogP contribution in [0, 0.1) is 6.92 Å². The minimum absolute atomic E-state index is 0.0737. The molecule has 2 rings (SSSR count). The van der Waals surface area contributed by atoms with Gasteiger partial charge in [-0.3, -0.25) is 4.79 Å². The van der Waals surface area contributed by atoms with Gasteiger partial charge in [0.1, 0.15) is 0 Å². The number of anilines is 1. The van der Waals surface area contributed by atoms with Gasteiger partial charge in [-0.1, -0.05) is 12.1 Å². The molecule has 2 N–H and O–H groups in total. The molecule has 2 aromatic rings. The Morgan fingerprint density at radius 2 is 2.17 bits per heavy atom. The summed E-state index contributed by atoms with van der Waals surface area (Å²) < 4.78 is 5.02. The molecule has 18 heavy (non-hydrogen) atoms. The van der Waals surface area contributed by atoms with Gasteiger partial charge in [0.2, 0.25) is 0 Å². The summed E-state index contributed by atoms with van der Waals surface area (Å²) in [6.07, 6.45) is 0. The average Bonchev–Trinajstić information content (AvgIpc) is 2.79. The quantitative estimate of drug-likeness (QED) is 0.897. The summed E-state index contributed by atoms with van der Waals surface area (Å²) in [5.41, 5.74) is 2.27. The smallest absolute Gasteiger partial charge is 0.291 e. The number of benzene rings is 1. The highest BCUT2D eigenvalue weighted by Crippen LogP contribution is 2.19. The van der Waals surface area contributed by atoms with E-state index in [4.69, 9.17) is 21.1 Å². The normalized spacial score (nSPS) is 10.4. The van der Waals surface area contributed by atoms with E-state index in [2.05, 4.69) is 5.32 Å². The van der Waals surface area contributed by atoms with Crippen molar-refractivity contribution in [3.8, 4) is 0 Å². The summed E-state index contributed by atoms with van der Waals surface area (Å²) >= 11 is 5.61. The number of aliphatic hydroxyl groups excluding tert-OH is 1. The average molecular weight is 266 g/mol. The minimum Gasteiger partial charge on any atom is -0.440 e. The van der Waals surface area contributed by atoms with Crippen molar-refractivity contribution in [2.45, 2.75) is 13.5 Å². The lowest BCUT2D eigenvalue weighted by Gasteiger charge is -2.08. The van der Waals surface area contributed by atoms with Gasteiger partial charge < -0.3 is 14.8 Å². The first-order valence-corrected chi connectivity index (χ1v) is 5.75. The highest BCUT2D eigenvalue weighted by Gasteiger charge is 2.12. The van der Waals surface area contributed by atoms with Gasteiger partial charge in [0.25, 0.3) is 5.91 Å². The number of aryl methyl sites for hydroxylation is 1. The number of carbonyl (C=O) groups is 1. The molecule has 5 heteroatoms. The molecule has 4 nitrogen and oxygen atoms in total. The van der Waals surface area contributed by atoms with Crippen LogP contribution < -0.4 is 5.32 Å². The van der Waals surface area contributed by atoms with Crippen molar-refractivity contribution in [3.05, 3.63) is 52.4 Å². The molecule has 0 aliphatic heterocycles. The zero-order valence-corrected chi connectivity index (χ0v) is 10.5. The van der Waals surface area contributed by atoms with Crippen molar-refractivity contribution in [2.75, 3.05) is 5.32 Å². The van der Waals surface area contributed by atoms with Gasteiger partial charge in [-0.25, -0.2) is 0 Å². The Kier molecular flexibility index (Phi) is 3.69. The lowest BCUT2D eigenvalue weighted by molar-refractivity contribution is 0.0996. The van der Waals surface area contributed by atoms with Crippen molar-refractivity contribution < 1.29 is 14.3 Å². The Labute approximate surface area is 109 Å². The van der Waals surface area contributed by atoms with Gasteiger partial charge in [0, 0.05) is 5.69 Å². The van der Waals surface area contributed by atoms with E-state index < -0.39 is 0 Å². The van der Waals surface area contributed by atoms with E-state index in [0.717, 1.165) is 11.1 Å². The second-order valence-electron chi connectivity index (χ2n) is 3.87. The molecule has 1 aromatic carbocycles. The second kappa shape index (κ2) is 5.25. The molecule has 0 aliphatic rings. The standard InChI is InChI=1S/C13H12ClNO3/c1-8-2-3-9(7-16)6-10(8)15-13(17)11-4-5-12(14)18-11/h2-6,16H,7H2,1H3,(H,15,17). The summed E-state index contributed by atoms with van der Waals surface area (Å²) in [5.74, 6) is -0.228. The predicted molar refractivity (Wildman–Crippen MR) is 68.8 cm³/mol. The predicted octanol–water partition coefficient (Wildman–Crippen LogP) is 2.99. The largest absolute Gasteiger partial charge is 0.440 e. The summed E-state index contributed by atoms with van der Waals surface area (Å²) in [7, 11) is 0. The molecule has 0 atom stereocenters. The first-order valence-electron chi connectivity index (χ1n) is 5.37. The van der Waals surface area contributed by atoms with Crippen LogP contribution >= 0.6 is 11.6 Å². The van der Waals surface area contributed by atoms with Crippen LogP contribution in [0.4, 0.5) is 5.69 Å². The van der Waals surface area contributed by atoms with E-state index in [9.17, 15) is 4.79 Å². The number of rotatable bonds is 3. The number of furan rings is 1. The number of hydrogen-bond acceptors (Lipinski definition) is 3. The van der Waals surface area contributed by atoms with Gasteiger partial charge in [-0.2, -0.15) is 0 Å². The lowest BCUT2D eigenvalue weighted by Crippen LogP contribution is -2.12. The van der Waals surface area contributed by atoms with Gasteiger partial charge in [-0.15, -0.1) is 0 Å². The van der Waals surface area contributed by atoms with Crippen molar-refractivity contribution in [2.24, 2.45) is 0 Å². The molecule has 0 saturated carbocycles. The van der Waals surface area contributed by atoms with E-state index in [1.165, 1.54) is 12.1 Å². The van der Waals surface area contributed by atoms with Crippen LogP contribution in [0.1, 0.15) is 21.7 Å². The first-order chi connectivity index (χ1) is 8.60. The Bertz CT molecular complexity index is 577. The Hall–Kier alpha value is -1.78. The number of carbonyl (C=O) groups excluding carboxylic acids is 1. The number of hydrogen-bond donors (Lipinski definition) is 2. The summed E-state index contributed by atoms with van der Waals surface area (Å²) in [6, 6.07) is 8.36. The van der Waals surface area contributed by atoms with Crippen LogP contribution in [0.3, 0.4) is 0 Å². The zero-order valence-electron chi connectivity index (χ0n) is 9.74. The fourth-order valence-corrected chi connectivity index (χ4v) is 1.67. The molecule has 94 valence electrons. The zero-order chi connectivity index (χ0) is 13.1. The maximum atomic E-state index is 11.9. The van der Waals surface area contributed by atoms with Crippen LogP contribution in [0.15, 0.2) is 34.7 Å². The van der Waals surface area contributed by atoms with Gasteiger partial charge in [0.15, 0.2) is 11.0 Å². The molecule has 0 unspecified atom stereocenters. The summed E-state index contributed by atoms with van der Waals surface area (Å²) in [5, 5.41) is 11.9. The third-order valence-electron chi connectivity index (χ3n) is 2.53. The third kappa shape index (κ3) is 2.72. The van der Waals surface area contributed by atoms with E-state index >= 15 is 0 Å². The fourth-order valence-electron chi connectivity index (χ4n) is 1.52. The number of halogens is 1. The van der Waals surface area contributed by atoms with Crippen molar-refractivity contribution >= 4 is 23.2 Å². The lowest BCUT2D eigenvalue weighted by atomic mass is 10.1. The van der Waals surface area contributed by atoms with Crippen LogP contribution in [-0.2, 0) is 6.61 Å². The maximum Gasteiger partial charge on any atom is 0.291 e. The maximum absolute atomic E-state index is 11.9. The number of aliphatic hydroxyl groups is 1. The Morgan fingerprint density at radius 3 is 2.78 bits per heavy atom. The molecule has 0 spiro atoms. The molecule has 0 bridgehead atoms. The molecule has 1 heterocycles. The molecular formula is C13H12ClNO3. The van der Waals surface area contributed by atoms with Crippen LogP contribution in [-0.4, -0.2) is 11.0 Å². The third-order valence-corrected chi connectivity index (χ3v) is 2.73. The highest BCUT2D eigenvalue weighted by molar-refractivity contribution is 6.29. The first kappa shape index (κ1) is 12.7. The molecule has 0 fully saturated rings. The minimum atomic E-state index is -0.375. The van der Waals surface area contributed by atoms with Gasteiger partial charge >= 0.3 is 0 Å². The van der Waals surface area contributed by atoms with Gasteiger partial charge in [0.05, 0.1) is 6.61 Å². The highest BCUT2D eigenvalue weighted by atomic mass is 35.5. The monoisotopic (exact) mass is 265 g/mol. The fraction of sp³-hybridized carbons (Fsp3) is 0.154.